The summed E-state index contributed by atoms with van der Waals surface area (Å²) in [5.74, 6) is 0.983. The van der Waals surface area contributed by atoms with E-state index in [-0.39, 0.29) is 11.7 Å². The Morgan fingerprint density at radius 3 is 3.05 bits per heavy atom. The van der Waals surface area contributed by atoms with E-state index < -0.39 is 0 Å². The van der Waals surface area contributed by atoms with Crippen LogP contribution >= 0.6 is 0 Å². The second kappa shape index (κ2) is 4.88. The van der Waals surface area contributed by atoms with Crippen LogP contribution in [0.3, 0.4) is 0 Å². The Labute approximate surface area is 112 Å². The van der Waals surface area contributed by atoms with Gasteiger partial charge in [-0.15, -0.1) is 0 Å². The number of hydrogen-bond acceptors (Lipinski definition) is 3. The molecule has 0 saturated carbocycles. The molecule has 0 amide bonds. The summed E-state index contributed by atoms with van der Waals surface area (Å²) in [6.45, 7) is 0.476. The fourth-order valence-corrected chi connectivity index (χ4v) is 2.50. The highest BCUT2D eigenvalue weighted by Crippen LogP contribution is 2.34. The molecule has 0 radical (unpaired) electrons. The molecule has 1 aliphatic heterocycles. The number of aromatic nitrogens is 2. The number of carbonyl (C=O) groups is 1. The van der Waals surface area contributed by atoms with Crippen molar-refractivity contribution in [2.45, 2.75) is 18.8 Å². The number of ether oxygens (including phenoxy) is 1. The van der Waals surface area contributed by atoms with Gasteiger partial charge in [-0.1, -0.05) is 18.2 Å². The lowest BCUT2D eigenvalue weighted by atomic mass is 9.94. The number of ketones is 1. The van der Waals surface area contributed by atoms with E-state index in [2.05, 4.69) is 5.10 Å². The zero-order valence-corrected chi connectivity index (χ0v) is 10.9. The van der Waals surface area contributed by atoms with Gasteiger partial charge in [-0.05, 0) is 18.6 Å². The predicted octanol–water partition coefficient (Wildman–Crippen LogP) is 2.10. The van der Waals surface area contributed by atoms with Gasteiger partial charge >= 0.3 is 0 Å². The van der Waals surface area contributed by atoms with Gasteiger partial charge in [0.15, 0.2) is 0 Å². The number of benzene rings is 1. The summed E-state index contributed by atoms with van der Waals surface area (Å²) in [7, 11) is 1.90. The van der Waals surface area contributed by atoms with Crippen molar-refractivity contribution in [1.29, 1.82) is 0 Å². The lowest BCUT2D eigenvalue weighted by Gasteiger charge is -2.07. The number of carbonyl (C=O) groups excluding carboxylic acids is 1. The summed E-state index contributed by atoms with van der Waals surface area (Å²) in [6.07, 6.45) is 3.02. The van der Waals surface area contributed by atoms with Crippen LogP contribution in [0.4, 0.5) is 0 Å². The Morgan fingerprint density at radius 2 is 2.26 bits per heavy atom. The van der Waals surface area contributed by atoms with Crippen LogP contribution < -0.4 is 4.74 Å². The highest BCUT2D eigenvalue weighted by Gasteiger charge is 2.29. The molecule has 0 fully saturated rings. The second-order valence-electron chi connectivity index (χ2n) is 4.81. The zero-order valence-electron chi connectivity index (χ0n) is 10.9. The van der Waals surface area contributed by atoms with Crippen molar-refractivity contribution in [2.24, 2.45) is 7.05 Å². The summed E-state index contributed by atoms with van der Waals surface area (Å²) in [5.41, 5.74) is 2.11. The van der Waals surface area contributed by atoms with E-state index in [1.54, 1.807) is 6.20 Å². The Morgan fingerprint density at radius 1 is 1.42 bits per heavy atom. The van der Waals surface area contributed by atoms with Gasteiger partial charge in [-0.3, -0.25) is 9.48 Å². The number of fused-ring (bicyclic) bond motifs is 1. The molecular formula is C15H16N2O2. The van der Waals surface area contributed by atoms with Gasteiger partial charge in [0.05, 0.1) is 5.92 Å². The minimum Gasteiger partial charge on any atom is -0.492 e. The molecule has 98 valence electrons. The topological polar surface area (TPSA) is 44.1 Å². The number of aryl methyl sites for hydroxylation is 2. The van der Waals surface area contributed by atoms with E-state index in [0.717, 1.165) is 23.4 Å². The Hall–Kier alpha value is -2.10. The average Bonchev–Trinajstić information content (AvgIpc) is 3.02. The zero-order chi connectivity index (χ0) is 13.2. The van der Waals surface area contributed by atoms with Crippen molar-refractivity contribution in [3.05, 3.63) is 47.8 Å². The third-order valence-electron chi connectivity index (χ3n) is 3.64. The van der Waals surface area contributed by atoms with E-state index in [4.69, 9.17) is 4.74 Å². The quantitative estimate of drug-likeness (QED) is 0.841. The van der Waals surface area contributed by atoms with Crippen LogP contribution in [0.2, 0.25) is 0 Å². The summed E-state index contributed by atoms with van der Waals surface area (Å²) < 4.78 is 7.37. The molecular weight excluding hydrogens is 240 g/mol. The van der Waals surface area contributed by atoms with Gasteiger partial charge in [0, 0.05) is 30.9 Å². The van der Waals surface area contributed by atoms with Crippen molar-refractivity contribution >= 4 is 5.78 Å². The first-order chi connectivity index (χ1) is 9.25. The van der Waals surface area contributed by atoms with Gasteiger partial charge in [-0.25, -0.2) is 0 Å². The van der Waals surface area contributed by atoms with Gasteiger partial charge in [0.1, 0.15) is 18.1 Å². The van der Waals surface area contributed by atoms with E-state index in [0.29, 0.717) is 13.0 Å². The van der Waals surface area contributed by atoms with Crippen molar-refractivity contribution in [3.8, 4) is 5.75 Å². The SMILES string of the molecule is Cn1nccc1CCC(=O)C1COc2ccccc21. The van der Waals surface area contributed by atoms with Gasteiger partial charge in [-0.2, -0.15) is 5.10 Å². The molecule has 0 spiro atoms. The van der Waals surface area contributed by atoms with Crippen molar-refractivity contribution in [1.82, 2.24) is 9.78 Å². The van der Waals surface area contributed by atoms with Crippen LogP contribution in [-0.4, -0.2) is 22.2 Å². The van der Waals surface area contributed by atoms with Crippen molar-refractivity contribution < 1.29 is 9.53 Å². The molecule has 0 N–H and O–H groups in total. The first-order valence-corrected chi connectivity index (χ1v) is 6.47. The lowest BCUT2D eigenvalue weighted by Crippen LogP contribution is -2.15. The first-order valence-electron chi connectivity index (χ1n) is 6.47. The molecule has 2 aromatic rings. The van der Waals surface area contributed by atoms with Gasteiger partial charge in [0.2, 0.25) is 0 Å². The molecule has 1 atom stereocenters. The van der Waals surface area contributed by atoms with E-state index in [1.807, 2.05) is 42.1 Å². The molecule has 0 bridgehead atoms. The molecule has 3 rings (SSSR count). The molecule has 1 aliphatic rings. The third-order valence-corrected chi connectivity index (χ3v) is 3.64. The van der Waals surface area contributed by atoms with Crippen molar-refractivity contribution in [3.63, 3.8) is 0 Å². The van der Waals surface area contributed by atoms with Crippen LogP contribution in [0.1, 0.15) is 23.6 Å². The predicted molar refractivity (Wildman–Crippen MR) is 71.2 cm³/mol. The molecule has 0 aliphatic carbocycles. The van der Waals surface area contributed by atoms with Gasteiger partial charge < -0.3 is 4.74 Å². The second-order valence-corrected chi connectivity index (χ2v) is 4.81. The minimum atomic E-state index is -0.107. The highest BCUT2D eigenvalue weighted by molar-refractivity contribution is 5.87. The molecule has 4 nitrogen and oxygen atoms in total. The van der Waals surface area contributed by atoms with Crippen LogP contribution in [0.15, 0.2) is 36.5 Å². The van der Waals surface area contributed by atoms with E-state index in [1.165, 1.54) is 0 Å². The van der Waals surface area contributed by atoms with E-state index in [9.17, 15) is 4.79 Å². The lowest BCUT2D eigenvalue weighted by molar-refractivity contribution is -0.120. The summed E-state index contributed by atoms with van der Waals surface area (Å²) in [5, 5.41) is 4.11. The molecule has 4 heteroatoms. The normalized spacial score (nSPS) is 17.0. The van der Waals surface area contributed by atoms with Crippen molar-refractivity contribution in [2.75, 3.05) is 6.61 Å². The summed E-state index contributed by atoms with van der Waals surface area (Å²) in [4.78, 5) is 12.3. The van der Waals surface area contributed by atoms with Crippen LogP contribution in [0.25, 0.3) is 0 Å². The highest BCUT2D eigenvalue weighted by atomic mass is 16.5. The smallest absolute Gasteiger partial charge is 0.144 e. The third kappa shape index (κ3) is 2.26. The minimum absolute atomic E-state index is 0.107. The molecule has 1 unspecified atom stereocenters. The fourth-order valence-electron chi connectivity index (χ4n) is 2.50. The Bertz CT molecular complexity index is 604. The largest absolute Gasteiger partial charge is 0.492 e. The number of nitrogens with zero attached hydrogens (tertiary/aromatic N) is 2. The average molecular weight is 256 g/mol. The summed E-state index contributed by atoms with van der Waals surface area (Å²) in [6, 6.07) is 9.74. The fraction of sp³-hybridized carbons (Fsp3) is 0.333. The Kier molecular flexibility index (Phi) is 3.07. The standard InChI is InChI=1S/C15H16N2O2/c1-17-11(8-9-16-17)6-7-14(18)13-10-19-15-5-3-2-4-12(13)15/h2-5,8-9,13H,6-7,10H2,1H3. The maximum Gasteiger partial charge on any atom is 0.144 e. The molecule has 0 saturated heterocycles. The maximum atomic E-state index is 12.3. The summed E-state index contributed by atoms with van der Waals surface area (Å²) >= 11 is 0. The van der Waals surface area contributed by atoms with Crippen LogP contribution in [0, 0.1) is 0 Å². The molecule has 1 aromatic heterocycles. The number of Topliss-reactive ketones (excluding diaryl/α,β-unsaturated/α-hetero) is 1. The number of rotatable bonds is 4. The number of para-hydroxylation sites is 1. The monoisotopic (exact) mass is 256 g/mol. The molecule has 2 heterocycles. The van der Waals surface area contributed by atoms with Crippen LogP contribution in [0.5, 0.6) is 5.75 Å². The first kappa shape index (κ1) is 12.0. The number of hydrogen-bond donors (Lipinski definition) is 0. The van der Waals surface area contributed by atoms with E-state index >= 15 is 0 Å². The Balaban J connectivity index is 1.68. The molecule has 1 aromatic carbocycles. The van der Waals surface area contributed by atoms with Crippen LogP contribution in [-0.2, 0) is 18.3 Å². The molecule has 19 heavy (non-hydrogen) atoms. The van der Waals surface area contributed by atoms with Gasteiger partial charge in [0.25, 0.3) is 0 Å². The maximum absolute atomic E-state index is 12.3.